The molecule has 0 aliphatic heterocycles. The highest BCUT2D eigenvalue weighted by molar-refractivity contribution is 6.74. The van der Waals surface area contributed by atoms with Crippen LogP contribution in [0.5, 0.6) is 0 Å². The lowest BCUT2D eigenvalue weighted by atomic mass is 10.2. The van der Waals surface area contributed by atoms with Crippen LogP contribution in [0.25, 0.3) is 0 Å². The van der Waals surface area contributed by atoms with Crippen molar-refractivity contribution in [2.45, 2.75) is 38.9 Å². The van der Waals surface area contributed by atoms with E-state index >= 15 is 0 Å². The Hall–Kier alpha value is -0.793. The van der Waals surface area contributed by atoms with E-state index < -0.39 is 14.3 Å². The van der Waals surface area contributed by atoms with Crippen LogP contribution in [-0.2, 0) is 66.1 Å². The zero-order valence-corrected chi connectivity index (χ0v) is 30.5. The Bertz CT molecular complexity index is 651. The van der Waals surface area contributed by atoms with Gasteiger partial charge in [0.1, 0.15) is 6.61 Å². The van der Waals surface area contributed by atoms with Crippen LogP contribution in [0.3, 0.4) is 0 Å². The smallest absolute Gasteiger partial charge is 0.331 e. The minimum absolute atomic E-state index is 0.0698. The normalized spacial score (nSPS) is 12.2. The van der Waals surface area contributed by atoms with Gasteiger partial charge in [-0.25, -0.2) is 4.79 Å². The molecule has 0 unspecified atom stereocenters. The van der Waals surface area contributed by atoms with E-state index in [1.165, 1.54) is 7.11 Å². The molecule has 0 aromatic heterocycles. The summed E-state index contributed by atoms with van der Waals surface area (Å²) >= 11 is 0. The molecule has 0 saturated heterocycles. The molecule has 0 aromatic rings. The van der Waals surface area contributed by atoms with E-state index in [1.807, 2.05) is 0 Å². The largest absolute Gasteiger partial charge is 0.467 e. The highest BCUT2D eigenvalue weighted by atomic mass is 28.4. The summed E-state index contributed by atoms with van der Waals surface area (Å²) in [5.74, 6) is -0.407. The third-order valence-corrected chi connectivity index (χ3v) is 11.2. The van der Waals surface area contributed by atoms with Crippen molar-refractivity contribution in [1.29, 1.82) is 0 Å². The van der Waals surface area contributed by atoms with Crippen LogP contribution in [0.15, 0.2) is 0 Å². The molecule has 0 atom stereocenters. The summed E-state index contributed by atoms with van der Waals surface area (Å²) in [5.41, 5.74) is 0. The average molecular weight is 689 g/mol. The number of hydrogen-bond donors (Lipinski definition) is 0. The van der Waals surface area contributed by atoms with E-state index in [2.05, 4.69) is 38.6 Å². The molecule has 0 radical (unpaired) electrons. The van der Waals surface area contributed by atoms with Crippen LogP contribution < -0.4 is 0 Å². The van der Waals surface area contributed by atoms with Gasteiger partial charge in [0, 0.05) is 0 Å². The average Bonchev–Trinajstić information content (AvgIpc) is 3.02. The maximum Gasteiger partial charge on any atom is 0.331 e. The summed E-state index contributed by atoms with van der Waals surface area (Å²) in [4.78, 5) is 10.9. The van der Waals surface area contributed by atoms with E-state index in [0.717, 1.165) is 0 Å². The molecule has 276 valence electrons. The molecule has 0 saturated carbocycles. The van der Waals surface area contributed by atoms with Crippen molar-refractivity contribution in [2.24, 2.45) is 0 Å². The predicted octanol–water partition coefficient (Wildman–Crippen LogP) is 2.36. The monoisotopic (exact) mass is 688 g/mol. The van der Waals surface area contributed by atoms with Gasteiger partial charge < -0.3 is 61.3 Å². The van der Waals surface area contributed by atoms with Crippen LogP contribution >= 0.6 is 0 Å². The zero-order chi connectivity index (χ0) is 34.0. The topological polar surface area (TPSA) is 137 Å². The lowest BCUT2D eigenvalue weighted by Gasteiger charge is -2.36. The molecule has 0 spiro atoms. The molecule has 0 heterocycles. The Balaban J connectivity index is 3.13. The summed E-state index contributed by atoms with van der Waals surface area (Å²) in [6, 6.07) is 0. The molecule has 0 aliphatic carbocycles. The molecule has 0 aliphatic rings. The Morgan fingerprint density at radius 2 is 0.630 bits per heavy atom. The summed E-state index contributed by atoms with van der Waals surface area (Å²) < 4.78 is 70.3. The first kappa shape index (κ1) is 45.2. The fraction of sp³-hybridized carbons (Fsp3) is 0.968. The number of carbonyl (C=O) groups excluding carboxylic acids is 1. The number of rotatable bonds is 36. The maximum absolute atomic E-state index is 10.9. The third-order valence-electron chi connectivity index (χ3n) is 6.66. The standard InChI is InChI=1S/C31H64O14Si/c1-31(2,3)46(5,6)45-28-27-43-24-23-41-20-19-39-16-15-37-12-11-35-8-7-34-9-10-36-13-14-38-17-18-40-21-22-42-25-26-44-29-30(32)33-4/h7-29H2,1-6H3. The van der Waals surface area contributed by atoms with Gasteiger partial charge in [0.2, 0.25) is 0 Å². The van der Waals surface area contributed by atoms with Crippen LogP contribution in [-0.4, -0.2) is 173 Å². The predicted molar refractivity (Wildman–Crippen MR) is 174 cm³/mol. The molecule has 0 amide bonds. The van der Waals surface area contributed by atoms with Crippen molar-refractivity contribution in [1.82, 2.24) is 0 Å². The fourth-order valence-corrected chi connectivity index (χ4v) is 4.01. The van der Waals surface area contributed by atoms with Gasteiger partial charge in [0.25, 0.3) is 0 Å². The maximum atomic E-state index is 10.9. The Kier molecular flexibility index (Phi) is 32.2. The first-order valence-corrected chi connectivity index (χ1v) is 19.2. The molecule has 0 rings (SSSR count). The van der Waals surface area contributed by atoms with Crippen molar-refractivity contribution in [3.05, 3.63) is 0 Å². The minimum atomic E-state index is -1.70. The van der Waals surface area contributed by atoms with Crippen LogP contribution in [0, 0.1) is 0 Å². The van der Waals surface area contributed by atoms with Gasteiger partial charge >= 0.3 is 5.97 Å². The fourth-order valence-electron chi connectivity index (χ4n) is 2.99. The number of carbonyl (C=O) groups is 1. The Morgan fingerprint density at radius 3 is 0.848 bits per heavy atom. The molecule has 0 aromatic carbocycles. The van der Waals surface area contributed by atoms with E-state index in [9.17, 15) is 4.79 Å². The first-order chi connectivity index (χ1) is 22.2. The van der Waals surface area contributed by atoms with Crippen molar-refractivity contribution >= 4 is 14.3 Å². The summed E-state index contributed by atoms with van der Waals surface area (Å²) in [5, 5.41) is 0.214. The van der Waals surface area contributed by atoms with Crippen LogP contribution in [0.1, 0.15) is 20.8 Å². The highest BCUT2D eigenvalue weighted by Gasteiger charge is 2.36. The van der Waals surface area contributed by atoms with Gasteiger partial charge in [-0.1, -0.05) is 20.8 Å². The molecule has 0 N–H and O–H groups in total. The Labute approximate surface area is 278 Å². The molecular weight excluding hydrogens is 624 g/mol. The number of esters is 1. The van der Waals surface area contributed by atoms with Gasteiger partial charge in [-0.2, -0.15) is 0 Å². The molecular formula is C31H64O14Si. The molecule has 0 bridgehead atoms. The van der Waals surface area contributed by atoms with Gasteiger partial charge in [0.05, 0.1) is 152 Å². The quantitative estimate of drug-likeness (QED) is 0.0541. The summed E-state index contributed by atoms with van der Waals surface area (Å²) in [6.07, 6.45) is 0. The second-order valence-electron chi connectivity index (χ2n) is 11.4. The lowest BCUT2D eigenvalue weighted by molar-refractivity contribution is -0.146. The number of hydrogen-bond acceptors (Lipinski definition) is 14. The molecule has 15 heteroatoms. The van der Waals surface area contributed by atoms with Crippen molar-refractivity contribution in [3.8, 4) is 0 Å². The third kappa shape index (κ3) is 31.8. The lowest BCUT2D eigenvalue weighted by Crippen LogP contribution is -2.41. The number of ether oxygens (including phenoxy) is 12. The van der Waals surface area contributed by atoms with Crippen molar-refractivity contribution in [3.63, 3.8) is 0 Å². The second kappa shape index (κ2) is 32.7. The molecule has 0 fully saturated rings. The van der Waals surface area contributed by atoms with E-state index in [1.54, 1.807) is 0 Å². The van der Waals surface area contributed by atoms with Gasteiger partial charge in [-0.05, 0) is 18.1 Å². The van der Waals surface area contributed by atoms with Crippen molar-refractivity contribution < 1.29 is 66.1 Å². The van der Waals surface area contributed by atoms with Crippen molar-refractivity contribution in [2.75, 3.05) is 159 Å². The second-order valence-corrected chi connectivity index (χ2v) is 16.2. The van der Waals surface area contributed by atoms with Gasteiger partial charge in [-0.15, -0.1) is 0 Å². The van der Waals surface area contributed by atoms with E-state index in [0.29, 0.717) is 145 Å². The summed E-state index contributed by atoms with van der Waals surface area (Å²) in [7, 11) is -0.385. The van der Waals surface area contributed by atoms with E-state index in [4.69, 9.17) is 56.5 Å². The van der Waals surface area contributed by atoms with E-state index in [-0.39, 0.29) is 11.6 Å². The minimum Gasteiger partial charge on any atom is -0.467 e. The summed E-state index contributed by atoms with van der Waals surface area (Å²) in [6.45, 7) is 22.1. The van der Waals surface area contributed by atoms with Gasteiger partial charge in [-0.3, -0.25) is 0 Å². The molecule has 46 heavy (non-hydrogen) atoms. The van der Waals surface area contributed by atoms with Gasteiger partial charge in [0.15, 0.2) is 8.32 Å². The van der Waals surface area contributed by atoms with Crippen LogP contribution in [0.4, 0.5) is 0 Å². The highest BCUT2D eigenvalue weighted by Crippen LogP contribution is 2.36. The SMILES string of the molecule is COC(=O)COCCOCCOCCOCCOCCOCCOCCOCCOCCOCCOCCO[Si](C)(C)C(C)(C)C. The number of methoxy groups -OCH3 is 1. The first-order valence-electron chi connectivity index (χ1n) is 16.3. The zero-order valence-electron chi connectivity index (χ0n) is 29.5. The molecule has 14 nitrogen and oxygen atoms in total. The van der Waals surface area contributed by atoms with Crippen LogP contribution in [0.2, 0.25) is 18.1 Å². The Morgan fingerprint density at radius 1 is 0.413 bits per heavy atom.